The normalized spacial score (nSPS) is 18.5. The van der Waals surface area contributed by atoms with E-state index in [9.17, 15) is 4.79 Å². The Morgan fingerprint density at radius 1 is 1.21 bits per heavy atom. The van der Waals surface area contributed by atoms with Gasteiger partial charge in [0.2, 0.25) is 5.91 Å². The van der Waals surface area contributed by atoms with Crippen LogP contribution < -0.4 is 9.64 Å². The molecule has 0 aliphatic carbocycles. The number of carbonyl (C=O) groups is 1. The van der Waals surface area contributed by atoms with E-state index in [1.54, 1.807) is 7.11 Å². The Morgan fingerprint density at radius 2 is 2.00 bits per heavy atom. The first-order valence-electron chi connectivity index (χ1n) is 8.31. The van der Waals surface area contributed by atoms with Crippen LogP contribution >= 0.6 is 11.8 Å². The molecular weight excluding hydrogens is 322 g/mol. The van der Waals surface area contributed by atoms with Crippen LogP contribution in [0.3, 0.4) is 0 Å². The minimum Gasteiger partial charge on any atom is -0.497 e. The highest BCUT2D eigenvalue weighted by molar-refractivity contribution is 7.99. The van der Waals surface area contributed by atoms with E-state index in [0.29, 0.717) is 5.91 Å². The second-order valence-corrected chi connectivity index (χ2v) is 7.49. The van der Waals surface area contributed by atoms with Crippen LogP contribution in [0.2, 0.25) is 0 Å². The smallest absolute Gasteiger partial charge is 0.229 e. The van der Waals surface area contributed by atoms with Crippen molar-refractivity contribution in [2.75, 3.05) is 49.7 Å². The minimum atomic E-state index is 0.126. The molecule has 2 aromatic rings. The number of nitrogens with zero attached hydrogens (tertiary/aromatic N) is 3. The summed E-state index contributed by atoms with van der Waals surface area (Å²) in [5.74, 6) is 4.37. The van der Waals surface area contributed by atoms with Gasteiger partial charge in [0.25, 0.3) is 0 Å². The maximum Gasteiger partial charge on any atom is 0.229 e. The van der Waals surface area contributed by atoms with Crippen molar-refractivity contribution in [3.63, 3.8) is 0 Å². The van der Waals surface area contributed by atoms with Crippen molar-refractivity contribution in [1.82, 2.24) is 9.88 Å². The van der Waals surface area contributed by atoms with Crippen LogP contribution in [0.4, 0.5) is 5.82 Å². The third-order valence-electron chi connectivity index (χ3n) is 4.76. The van der Waals surface area contributed by atoms with Crippen molar-refractivity contribution in [2.45, 2.75) is 0 Å². The summed E-state index contributed by atoms with van der Waals surface area (Å²) in [5.41, 5.74) is 0.955. The van der Waals surface area contributed by atoms with Gasteiger partial charge in [0.05, 0.1) is 18.5 Å². The zero-order chi connectivity index (χ0) is 16.5. The molecular formula is C18H21N3O2S. The predicted octanol–water partition coefficient (Wildman–Crippen LogP) is 2.25. The summed E-state index contributed by atoms with van der Waals surface area (Å²) < 4.78 is 5.25. The molecule has 2 aliphatic rings. The van der Waals surface area contributed by atoms with Crippen LogP contribution in [-0.4, -0.2) is 60.6 Å². The number of hydrogen-bond acceptors (Lipinski definition) is 5. The average molecular weight is 343 g/mol. The van der Waals surface area contributed by atoms with Crippen LogP contribution in [0.5, 0.6) is 5.75 Å². The van der Waals surface area contributed by atoms with Gasteiger partial charge < -0.3 is 14.5 Å². The number of pyridine rings is 1. The second-order valence-electron chi connectivity index (χ2n) is 6.27. The molecule has 1 aromatic heterocycles. The van der Waals surface area contributed by atoms with Gasteiger partial charge in [-0.25, -0.2) is 4.98 Å². The molecule has 0 unspecified atom stereocenters. The number of aromatic nitrogens is 1. The molecule has 1 amide bonds. The molecule has 4 rings (SSSR count). The van der Waals surface area contributed by atoms with E-state index in [4.69, 9.17) is 9.72 Å². The van der Waals surface area contributed by atoms with Gasteiger partial charge in [-0.3, -0.25) is 4.79 Å². The zero-order valence-electron chi connectivity index (χ0n) is 13.8. The van der Waals surface area contributed by atoms with Gasteiger partial charge in [-0.2, -0.15) is 11.8 Å². The van der Waals surface area contributed by atoms with Crippen molar-refractivity contribution in [3.05, 3.63) is 30.3 Å². The van der Waals surface area contributed by atoms with E-state index in [0.717, 1.165) is 60.2 Å². The first kappa shape index (κ1) is 15.6. The predicted molar refractivity (Wildman–Crippen MR) is 97.9 cm³/mol. The third-order valence-corrected chi connectivity index (χ3v) is 5.70. The number of ether oxygens (including phenoxy) is 1. The van der Waals surface area contributed by atoms with Gasteiger partial charge in [0.15, 0.2) is 0 Å². The number of rotatable bonds is 3. The number of methoxy groups -OCH3 is 1. The Hall–Kier alpha value is -1.95. The van der Waals surface area contributed by atoms with Crippen molar-refractivity contribution < 1.29 is 9.53 Å². The van der Waals surface area contributed by atoms with Crippen molar-refractivity contribution in [3.8, 4) is 5.75 Å². The van der Waals surface area contributed by atoms with E-state index in [1.165, 1.54) is 0 Å². The first-order chi connectivity index (χ1) is 11.7. The molecule has 2 saturated heterocycles. The Bertz CT molecular complexity index is 755. The minimum absolute atomic E-state index is 0.126. The number of benzene rings is 1. The molecule has 5 nitrogen and oxygen atoms in total. The van der Waals surface area contributed by atoms with E-state index >= 15 is 0 Å². The van der Waals surface area contributed by atoms with E-state index in [1.807, 2.05) is 40.9 Å². The monoisotopic (exact) mass is 343 g/mol. The second kappa shape index (κ2) is 6.51. The molecule has 6 heteroatoms. The number of thioether (sulfide) groups is 1. The number of fused-ring (bicyclic) bond motifs is 1. The molecule has 0 radical (unpaired) electrons. The lowest BCUT2D eigenvalue weighted by molar-refractivity contribution is -0.135. The van der Waals surface area contributed by atoms with E-state index in [-0.39, 0.29) is 5.92 Å². The lowest BCUT2D eigenvalue weighted by atomic mass is 9.98. The largest absolute Gasteiger partial charge is 0.497 e. The summed E-state index contributed by atoms with van der Waals surface area (Å²) in [6, 6.07) is 9.99. The summed E-state index contributed by atoms with van der Waals surface area (Å²) in [6.45, 7) is 3.35. The molecule has 24 heavy (non-hydrogen) atoms. The number of anilines is 1. The van der Waals surface area contributed by atoms with Crippen molar-refractivity contribution in [2.24, 2.45) is 5.92 Å². The average Bonchev–Trinajstić information content (AvgIpc) is 2.60. The molecule has 2 fully saturated rings. The molecule has 1 aromatic carbocycles. The van der Waals surface area contributed by atoms with Crippen LogP contribution in [0.1, 0.15) is 0 Å². The highest BCUT2D eigenvalue weighted by atomic mass is 32.2. The van der Waals surface area contributed by atoms with Gasteiger partial charge in [-0.1, -0.05) is 0 Å². The zero-order valence-corrected chi connectivity index (χ0v) is 14.6. The Balaban J connectivity index is 1.42. The molecule has 0 saturated carbocycles. The molecule has 3 heterocycles. The number of hydrogen-bond donors (Lipinski definition) is 0. The Labute approximate surface area is 146 Å². The summed E-state index contributed by atoms with van der Waals surface area (Å²) >= 11 is 1.93. The lowest BCUT2D eigenvalue weighted by Gasteiger charge is -2.42. The molecule has 0 bridgehead atoms. The van der Waals surface area contributed by atoms with Crippen LogP contribution in [0.25, 0.3) is 10.9 Å². The highest BCUT2D eigenvalue weighted by Gasteiger charge is 2.36. The van der Waals surface area contributed by atoms with E-state index in [2.05, 4.69) is 11.0 Å². The quantitative estimate of drug-likeness (QED) is 0.855. The van der Waals surface area contributed by atoms with Gasteiger partial charge in [0, 0.05) is 43.1 Å². The maximum atomic E-state index is 12.5. The fraction of sp³-hybridized carbons (Fsp3) is 0.444. The van der Waals surface area contributed by atoms with Gasteiger partial charge in [-0.05, 0) is 30.3 Å². The summed E-state index contributed by atoms with van der Waals surface area (Å²) in [4.78, 5) is 21.4. The maximum absolute atomic E-state index is 12.5. The summed E-state index contributed by atoms with van der Waals surface area (Å²) in [5, 5.41) is 1.07. The summed E-state index contributed by atoms with van der Waals surface area (Å²) in [7, 11) is 1.67. The van der Waals surface area contributed by atoms with Gasteiger partial charge in [-0.15, -0.1) is 0 Å². The van der Waals surface area contributed by atoms with Crippen LogP contribution in [0.15, 0.2) is 30.3 Å². The van der Waals surface area contributed by atoms with Gasteiger partial charge in [0.1, 0.15) is 11.6 Å². The topological polar surface area (TPSA) is 45.7 Å². The fourth-order valence-corrected chi connectivity index (χ4v) is 4.16. The summed E-state index contributed by atoms with van der Waals surface area (Å²) in [6.07, 6.45) is 0. The molecule has 126 valence electrons. The van der Waals surface area contributed by atoms with Crippen molar-refractivity contribution in [1.29, 1.82) is 0 Å². The van der Waals surface area contributed by atoms with Crippen LogP contribution in [-0.2, 0) is 4.79 Å². The number of carbonyl (C=O) groups excluding carboxylic acids is 1. The Morgan fingerprint density at radius 3 is 2.75 bits per heavy atom. The molecule has 0 N–H and O–H groups in total. The first-order valence-corrected chi connectivity index (χ1v) is 9.46. The van der Waals surface area contributed by atoms with Crippen molar-refractivity contribution >= 4 is 34.4 Å². The molecule has 2 aliphatic heterocycles. The molecule has 0 spiro atoms. The molecule has 0 atom stereocenters. The standard InChI is InChI=1S/C18H21N3O2S/c1-23-15-3-4-16-13(10-15)2-5-17(19-16)21-11-14(12-21)18(22)20-6-8-24-9-7-20/h2-5,10,14H,6-9,11-12H2,1H3. The SMILES string of the molecule is COc1ccc2nc(N3CC(C(=O)N4CCSCC4)C3)ccc2c1. The Kier molecular flexibility index (Phi) is 4.22. The lowest BCUT2D eigenvalue weighted by Crippen LogP contribution is -2.56. The highest BCUT2D eigenvalue weighted by Crippen LogP contribution is 2.28. The third kappa shape index (κ3) is 2.90. The van der Waals surface area contributed by atoms with Gasteiger partial charge >= 0.3 is 0 Å². The fourth-order valence-electron chi connectivity index (χ4n) is 3.26. The van der Waals surface area contributed by atoms with E-state index < -0.39 is 0 Å². The van der Waals surface area contributed by atoms with Crippen LogP contribution in [0, 0.1) is 5.92 Å². The number of amides is 1.